The predicted octanol–water partition coefficient (Wildman–Crippen LogP) is 5.46. The molecule has 3 nitrogen and oxygen atoms in total. The molecule has 0 atom stereocenters. The maximum absolute atomic E-state index is 9.16. The number of likely N-dealkylation sites (N-methyl/N-ethyl adjacent to an activating group) is 1. The molecule has 3 heteroatoms. The van der Waals surface area contributed by atoms with Gasteiger partial charge < -0.3 is 14.7 Å². The normalized spacial score (nSPS) is 12.3. The van der Waals surface area contributed by atoms with Gasteiger partial charge in [0.1, 0.15) is 13.1 Å². The van der Waals surface area contributed by atoms with E-state index in [2.05, 4.69) is 26.1 Å². The molecule has 0 aromatic rings. The highest BCUT2D eigenvalue weighted by atomic mass is 16.3. The largest absolute Gasteiger partial charge is 0.391 e. The van der Waals surface area contributed by atoms with Crippen LogP contribution in [0.2, 0.25) is 0 Å². The number of hydrogen-bond donors (Lipinski definition) is 2. The second kappa shape index (κ2) is 19.4. The van der Waals surface area contributed by atoms with Gasteiger partial charge in [0.05, 0.1) is 26.8 Å². The van der Waals surface area contributed by atoms with Crippen molar-refractivity contribution >= 4 is 0 Å². The third-order valence-corrected chi connectivity index (χ3v) is 5.49. The molecule has 0 aliphatic rings. The van der Waals surface area contributed by atoms with Gasteiger partial charge in [-0.15, -0.1) is 0 Å². The molecule has 26 heavy (non-hydrogen) atoms. The maximum Gasteiger partial charge on any atom is 0.102 e. The maximum atomic E-state index is 9.16. The van der Waals surface area contributed by atoms with Crippen LogP contribution in [0.5, 0.6) is 0 Å². The molecule has 0 saturated heterocycles. The summed E-state index contributed by atoms with van der Waals surface area (Å²) < 4.78 is 0.802. The van der Waals surface area contributed by atoms with Crippen molar-refractivity contribution in [2.75, 3.05) is 39.9 Å². The average molecular weight is 371 g/mol. The number of nitrogens with zero attached hydrogens (tertiary/aromatic N) is 1. The van der Waals surface area contributed by atoms with Gasteiger partial charge in [0, 0.05) is 0 Å². The molecule has 0 bridgehead atoms. The van der Waals surface area contributed by atoms with Crippen molar-refractivity contribution in [2.45, 2.75) is 96.8 Å². The quantitative estimate of drug-likeness (QED) is 0.170. The SMILES string of the molecule is CCCCCCCC/C=C\CCCCCCCC[N+](C)(CCO)CCO. The Hall–Kier alpha value is -0.380. The van der Waals surface area contributed by atoms with Crippen LogP contribution in [0.1, 0.15) is 96.8 Å². The first-order valence-corrected chi connectivity index (χ1v) is 11.4. The van der Waals surface area contributed by atoms with Gasteiger partial charge in [0.15, 0.2) is 0 Å². The van der Waals surface area contributed by atoms with Crippen LogP contribution in [0.3, 0.4) is 0 Å². The van der Waals surface area contributed by atoms with Gasteiger partial charge in [-0.3, -0.25) is 0 Å². The number of aliphatic hydroxyl groups excluding tert-OH is 2. The van der Waals surface area contributed by atoms with Crippen molar-refractivity contribution in [3.8, 4) is 0 Å². The summed E-state index contributed by atoms with van der Waals surface area (Å²) in [7, 11) is 2.14. The second-order valence-electron chi connectivity index (χ2n) is 8.18. The highest BCUT2D eigenvalue weighted by Crippen LogP contribution is 2.11. The Labute approximate surface area is 164 Å². The number of aliphatic hydroxyl groups is 2. The summed E-state index contributed by atoms with van der Waals surface area (Å²) in [4.78, 5) is 0. The molecule has 0 saturated carbocycles. The van der Waals surface area contributed by atoms with E-state index in [1.54, 1.807) is 0 Å². The molecular weight excluding hydrogens is 322 g/mol. The van der Waals surface area contributed by atoms with Crippen molar-refractivity contribution in [3.05, 3.63) is 12.2 Å². The van der Waals surface area contributed by atoms with Gasteiger partial charge >= 0.3 is 0 Å². The summed E-state index contributed by atoms with van der Waals surface area (Å²) in [5, 5.41) is 18.3. The summed E-state index contributed by atoms with van der Waals surface area (Å²) in [5.41, 5.74) is 0. The Morgan fingerprint density at radius 2 is 1.00 bits per heavy atom. The first-order valence-electron chi connectivity index (χ1n) is 11.4. The fourth-order valence-corrected chi connectivity index (χ4v) is 3.56. The minimum atomic E-state index is 0.211. The van der Waals surface area contributed by atoms with E-state index in [1.165, 1.54) is 89.9 Å². The molecule has 0 heterocycles. The molecular formula is C23H48NO2+. The fraction of sp³-hybridized carbons (Fsp3) is 0.913. The van der Waals surface area contributed by atoms with Crippen LogP contribution < -0.4 is 0 Å². The van der Waals surface area contributed by atoms with E-state index in [0.29, 0.717) is 0 Å². The van der Waals surface area contributed by atoms with Crippen molar-refractivity contribution in [2.24, 2.45) is 0 Å². The van der Waals surface area contributed by atoms with Gasteiger partial charge in [-0.05, 0) is 38.5 Å². The zero-order valence-electron chi connectivity index (χ0n) is 17.9. The van der Waals surface area contributed by atoms with Gasteiger partial charge in [-0.2, -0.15) is 0 Å². The van der Waals surface area contributed by atoms with Crippen LogP contribution in [0.15, 0.2) is 12.2 Å². The highest BCUT2D eigenvalue weighted by Gasteiger charge is 2.19. The van der Waals surface area contributed by atoms with Crippen LogP contribution in [-0.2, 0) is 0 Å². The first-order chi connectivity index (χ1) is 12.7. The van der Waals surface area contributed by atoms with Crippen molar-refractivity contribution in [1.29, 1.82) is 0 Å². The van der Waals surface area contributed by atoms with Gasteiger partial charge in [-0.1, -0.05) is 70.4 Å². The lowest BCUT2D eigenvalue weighted by atomic mass is 10.1. The van der Waals surface area contributed by atoms with Gasteiger partial charge in [0.25, 0.3) is 0 Å². The molecule has 2 N–H and O–H groups in total. The van der Waals surface area contributed by atoms with Crippen molar-refractivity contribution in [3.63, 3.8) is 0 Å². The zero-order chi connectivity index (χ0) is 19.3. The minimum absolute atomic E-state index is 0.211. The van der Waals surface area contributed by atoms with E-state index in [4.69, 9.17) is 10.2 Å². The number of hydrogen-bond acceptors (Lipinski definition) is 2. The molecule has 0 unspecified atom stereocenters. The van der Waals surface area contributed by atoms with Gasteiger partial charge in [-0.25, -0.2) is 0 Å². The minimum Gasteiger partial charge on any atom is -0.391 e. The fourth-order valence-electron chi connectivity index (χ4n) is 3.56. The average Bonchev–Trinajstić information content (AvgIpc) is 2.62. The van der Waals surface area contributed by atoms with E-state index in [-0.39, 0.29) is 13.2 Å². The summed E-state index contributed by atoms with van der Waals surface area (Å²) in [6.07, 6.45) is 23.5. The number of unbranched alkanes of at least 4 members (excludes halogenated alkanes) is 12. The Kier molecular flexibility index (Phi) is 19.1. The molecule has 0 aromatic carbocycles. The van der Waals surface area contributed by atoms with Crippen molar-refractivity contribution in [1.82, 2.24) is 0 Å². The third kappa shape index (κ3) is 17.1. The molecule has 0 aromatic heterocycles. The van der Waals surface area contributed by atoms with E-state index >= 15 is 0 Å². The standard InChI is InChI=1S/C23H48NO2/c1-3-4-5-6-7-8-9-10-11-12-13-14-15-16-17-18-19-24(2,20-22-25)21-23-26/h10-11,25-26H,3-9,12-23H2,1-2H3/q+1/b11-10-. The van der Waals surface area contributed by atoms with Crippen LogP contribution in [0, 0.1) is 0 Å². The summed E-state index contributed by atoms with van der Waals surface area (Å²) in [5.74, 6) is 0. The first kappa shape index (κ1) is 25.6. The smallest absolute Gasteiger partial charge is 0.102 e. The Morgan fingerprint density at radius 3 is 1.46 bits per heavy atom. The second-order valence-corrected chi connectivity index (χ2v) is 8.18. The molecule has 0 aliphatic heterocycles. The predicted molar refractivity (Wildman–Crippen MR) is 114 cm³/mol. The summed E-state index contributed by atoms with van der Waals surface area (Å²) in [6, 6.07) is 0. The third-order valence-electron chi connectivity index (χ3n) is 5.49. The Bertz CT molecular complexity index is 299. The summed E-state index contributed by atoms with van der Waals surface area (Å²) >= 11 is 0. The lowest BCUT2D eigenvalue weighted by Gasteiger charge is -2.33. The van der Waals surface area contributed by atoms with Crippen LogP contribution in [0.25, 0.3) is 0 Å². The topological polar surface area (TPSA) is 40.5 Å². The Balaban J connectivity index is 3.36. The zero-order valence-corrected chi connectivity index (χ0v) is 17.9. The van der Waals surface area contributed by atoms with E-state index in [9.17, 15) is 0 Å². The van der Waals surface area contributed by atoms with E-state index < -0.39 is 0 Å². The number of rotatable bonds is 20. The van der Waals surface area contributed by atoms with Crippen LogP contribution >= 0.6 is 0 Å². The van der Waals surface area contributed by atoms with Gasteiger partial charge in [0.2, 0.25) is 0 Å². The molecule has 0 rings (SSSR count). The van der Waals surface area contributed by atoms with Crippen LogP contribution in [0.4, 0.5) is 0 Å². The molecule has 0 spiro atoms. The highest BCUT2D eigenvalue weighted by molar-refractivity contribution is 4.81. The van der Waals surface area contributed by atoms with E-state index in [0.717, 1.165) is 24.1 Å². The lowest BCUT2D eigenvalue weighted by molar-refractivity contribution is -0.910. The Morgan fingerprint density at radius 1 is 0.577 bits per heavy atom. The molecule has 0 aliphatic carbocycles. The number of quaternary nitrogens is 1. The molecule has 156 valence electrons. The molecule has 0 fully saturated rings. The van der Waals surface area contributed by atoms with E-state index in [1.807, 2.05) is 0 Å². The molecule has 0 radical (unpaired) electrons. The molecule has 0 amide bonds. The van der Waals surface area contributed by atoms with Crippen LogP contribution in [-0.4, -0.2) is 54.6 Å². The summed E-state index contributed by atoms with van der Waals surface area (Å²) in [6.45, 7) is 5.28. The monoisotopic (exact) mass is 370 g/mol. The lowest BCUT2D eigenvalue weighted by Crippen LogP contribution is -2.48. The van der Waals surface area contributed by atoms with Crippen molar-refractivity contribution < 1.29 is 14.7 Å². The number of allylic oxidation sites excluding steroid dienone is 2.